The molecule has 0 radical (unpaired) electrons. The number of benzene rings is 1. The molecular weight excluding hydrogens is 221 g/mol. The van der Waals surface area contributed by atoms with Gasteiger partial charge in [-0.05, 0) is 6.92 Å². The first-order valence-electron chi connectivity index (χ1n) is 3.82. The molecule has 1 atom stereocenters. The molecule has 1 rings (SSSR count). The van der Waals surface area contributed by atoms with Gasteiger partial charge in [0.2, 0.25) is 0 Å². The Bertz CT molecular complexity index is 246. The second kappa shape index (κ2) is 6.75. The number of carboxylic acid groups (broad SMARTS) is 1. The third kappa shape index (κ3) is 7.63. The first kappa shape index (κ1) is 12.3. The predicted octanol–water partition coefficient (Wildman–Crippen LogP) is 0.310. The van der Waals surface area contributed by atoms with E-state index in [1.165, 1.54) is 29.4 Å². The van der Waals surface area contributed by atoms with Crippen LogP contribution >= 0.6 is 0 Å². The normalized spacial score (nSPS) is 11.1. The van der Waals surface area contributed by atoms with Crippen molar-refractivity contribution in [3.8, 4) is 0 Å². The van der Waals surface area contributed by atoms with Crippen molar-refractivity contribution in [2.75, 3.05) is 0 Å². The van der Waals surface area contributed by atoms with Crippen LogP contribution in [0.5, 0.6) is 0 Å². The second-order valence-corrected chi connectivity index (χ2v) is 4.21. The molecule has 0 aliphatic rings. The van der Waals surface area contributed by atoms with E-state index in [0.29, 0.717) is 0 Å². The van der Waals surface area contributed by atoms with Crippen molar-refractivity contribution in [1.29, 1.82) is 0 Å². The molecule has 3 nitrogen and oxygen atoms in total. The molecule has 13 heavy (non-hydrogen) atoms. The number of hydrogen-bond donors (Lipinski definition) is 2. The summed E-state index contributed by atoms with van der Waals surface area (Å²) in [5.74, 6) is -1.19. The van der Waals surface area contributed by atoms with Gasteiger partial charge in [0.15, 0.2) is 0 Å². The summed E-state index contributed by atoms with van der Waals surface area (Å²) in [6, 6.07) is 10.5. The Balaban J connectivity index is 0.000000226. The molecule has 2 N–H and O–H groups in total. The number of aliphatic hydroxyl groups is 1. The van der Waals surface area contributed by atoms with Crippen LogP contribution in [0.25, 0.3) is 0 Å². The minimum atomic E-state index is -1.23. The van der Waals surface area contributed by atoms with E-state index in [0.717, 1.165) is 0 Å². The van der Waals surface area contributed by atoms with E-state index >= 15 is 0 Å². The quantitative estimate of drug-likeness (QED) is 0.686. The van der Waals surface area contributed by atoms with Gasteiger partial charge in [0.25, 0.3) is 0 Å². The van der Waals surface area contributed by atoms with Gasteiger partial charge >= 0.3 is 58.8 Å². The van der Waals surface area contributed by atoms with Gasteiger partial charge in [-0.2, -0.15) is 0 Å². The van der Waals surface area contributed by atoms with E-state index in [1.807, 2.05) is 6.07 Å². The van der Waals surface area contributed by atoms with Gasteiger partial charge in [0.05, 0.1) is 0 Å². The Morgan fingerprint density at radius 3 is 1.92 bits per heavy atom. The summed E-state index contributed by atoms with van der Waals surface area (Å²) < 4.78 is 1.45. The van der Waals surface area contributed by atoms with Gasteiger partial charge in [-0.25, -0.2) is 4.79 Å². The summed E-state index contributed by atoms with van der Waals surface area (Å²) in [5.41, 5.74) is 0. The van der Waals surface area contributed by atoms with Crippen molar-refractivity contribution < 1.29 is 33.3 Å². The average Bonchev–Trinajstić information content (AvgIpc) is 2.06. The van der Waals surface area contributed by atoms with Crippen molar-refractivity contribution in [2.24, 2.45) is 0 Å². The van der Waals surface area contributed by atoms with Crippen LogP contribution in [0, 0.1) is 0 Å². The van der Waals surface area contributed by atoms with Crippen LogP contribution in [-0.4, -0.2) is 22.3 Å². The Hall–Kier alpha value is -0.727. The van der Waals surface area contributed by atoms with E-state index in [2.05, 4.69) is 24.3 Å². The molecule has 1 unspecified atom stereocenters. The van der Waals surface area contributed by atoms with Crippen LogP contribution in [-0.2, 0) is 23.1 Å². The Morgan fingerprint density at radius 2 is 1.77 bits per heavy atom. The van der Waals surface area contributed by atoms with Crippen molar-refractivity contribution in [3.63, 3.8) is 0 Å². The van der Waals surface area contributed by atoms with E-state index in [9.17, 15) is 4.79 Å². The molecule has 1 aromatic rings. The number of aliphatic carboxylic acids is 1. The van der Waals surface area contributed by atoms with Gasteiger partial charge in [-0.1, -0.05) is 0 Å². The SMILES string of the molecule is CC(O)C(=O)O.[Zn][c]1ccccc1. The van der Waals surface area contributed by atoms with Gasteiger partial charge in [-0.3, -0.25) is 0 Å². The fourth-order valence-corrected chi connectivity index (χ4v) is 1.05. The topological polar surface area (TPSA) is 57.5 Å². The molecule has 1 aromatic carbocycles. The van der Waals surface area contributed by atoms with Crippen molar-refractivity contribution in [3.05, 3.63) is 30.3 Å². The Morgan fingerprint density at radius 1 is 1.38 bits per heavy atom. The number of hydrogen-bond acceptors (Lipinski definition) is 2. The summed E-state index contributed by atoms with van der Waals surface area (Å²) in [6.45, 7) is 1.20. The zero-order valence-electron chi connectivity index (χ0n) is 7.47. The van der Waals surface area contributed by atoms with Crippen molar-refractivity contribution in [2.45, 2.75) is 13.0 Å². The van der Waals surface area contributed by atoms with Gasteiger partial charge in [0, 0.05) is 0 Å². The molecule has 0 amide bonds. The molecule has 0 spiro atoms. The number of carbonyl (C=O) groups is 1. The standard InChI is InChI=1S/C6H5.C3H6O3.Zn/c1-2-4-6-5-3-1;1-2(4)3(5)6;/h1-5H;2,4H,1H3,(H,5,6);. The van der Waals surface area contributed by atoms with Crippen LogP contribution in [0.15, 0.2) is 30.3 Å². The fraction of sp³-hybridized carbons (Fsp3) is 0.222. The summed E-state index contributed by atoms with van der Waals surface area (Å²) in [7, 11) is 0. The number of rotatable bonds is 1. The average molecular weight is 233 g/mol. The first-order chi connectivity index (χ1) is 6.04. The van der Waals surface area contributed by atoms with Gasteiger partial charge in [0.1, 0.15) is 6.10 Å². The van der Waals surface area contributed by atoms with Crippen LogP contribution in [0.4, 0.5) is 0 Å². The fourth-order valence-electron chi connectivity index (χ4n) is 0.478. The molecule has 0 aliphatic heterocycles. The molecule has 0 heterocycles. The Kier molecular flexibility index (Phi) is 6.38. The predicted molar refractivity (Wildman–Crippen MR) is 45.4 cm³/mol. The van der Waals surface area contributed by atoms with E-state index in [4.69, 9.17) is 10.2 Å². The number of aliphatic hydroxyl groups excluding tert-OH is 1. The molecule has 0 saturated carbocycles. The first-order valence-corrected chi connectivity index (χ1v) is 5.30. The van der Waals surface area contributed by atoms with Crippen LogP contribution < -0.4 is 4.16 Å². The van der Waals surface area contributed by atoms with Crippen molar-refractivity contribution >= 4 is 10.1 Å². The zero-order chi connectivity index (χ0) is 10.3. The van der Waals surface area contributed by atoms with Crippen molar-refractivity contribution in [1.82, 2.24) is 0 Å². The number of carboxylic acids is 1. The zero-order valence-corrected chi connectivity index (χ0v) is 10.4. The maximum absolute atomic E-state index is 9.45. The summed E-state index contributed by atoms with van der Waals surface area (Å²) in [5, 5.41) is 15.8. The monoisotopic (exact) mass is 231 g/mol. The summed E-state index contributed by atoms with van der Waals surface area (Å²) >= 11 is 1.26. The third-order valence-electron chi connectivity index (χ3n) is 1.20. The minimum absolute atomic E-state index is 1.19. The maximum atomic E-state index is 9.45. The molecule has 0 saturated heterocycles. The van der Waals surface area contributed by atoms with Gasteiger partial charge < -0.3 is 10.2 Å². The molecular formula is C9H11O3Zn. The van der Waals surface area contributed by atoms with E-state index in [-0.39, 0.29) is 0 Å². The molecule has 67 valence electrons. The summed E-state index contributed by atoms with van der Waals surface area (Å²) in [4.78, 5) is 9.45. The molecule has 0 bridgehead atoms. The molecule has 0 aromatic heterocycles. The third-order valence-corrected chi connectivity index (χ3v) is 2.19. The van der Waals surface area contributed by atoms with Crippen LogP contribution in [0.2, 0.25) is 0 Å². The van der Waals surface area contributed by atoms with E-state index in [1.54, 1.807) is 0 Å². The molecule has 0 fully saturated rings. The summed E-state index contributed by atoms with van der Waals surface area (Å²) in [6.07, 6.45) is -1.23. The molecule has 4 heteroatoms. The van der Waals surface area contributed by atoms with Gasteiger partial charge in [-0.15, -0.1) is 0 Å². The van der Waals surface area contributed by atoms with Crippen LogP contribution in [0.3, 0.4) is 0 Å². The Labute approximate surface area is 87.1 Å². The molecule has 0 aliphatic carbocycles. The van der Waals surface area contributed by atoms with Crippen LogP contribution in [0.1, 0.15) is 6.92 Å². The van der Waals surface area contributed by atoms with E-state index < -0.39 is 12.1 Å². The second-order valence-electron chi connectivity index (χ2n) is 2.50.